The number of nitrogens with zero attached hydrogens (tertiary/aromatic N) is 2. The van der Waals surface area contributed by atoms with Crippen LogP contribution in [0.3, 0.4) is 0 Å². The van der Waals surface area contributed by atoms with Gasteiger partial charge in [-0.3, -0.25) is 4.79 Å². The Balaban J connectivity index is 2.40. The van der Waals surface area contributed by atoms with Crippen LogP contribution in [0.5, 0.6) is 0 Å². The van der Waals surface area contributed by atoms with Crippen LogP contribution in [0.4, 0.5) is 4.79 Å². The van der Waals surface area contributed by atoms with E-state index in [9.17, 15) is 9.59 Å². The number of amides is 1. The number of hydrogen-bond donors (Lipinski definition) is 1. The van der Waals surface area contributed by atoms with Crippen molar-refractivity contribution in [2.45, 2.75) is 39.3 Å². The van der Waals surface area contributed by atoms with Crippen molar-refractivity contribution in [1.29, 1.82) is 5.26 Å². The summed E-state index contributed by atoms with van der Waals surface area (Å²) >= 11 is 0. The maximum atomic E-state index is 11.5. The number of aryl methyl sites for hydroxylation is 1. The molecule has 0 fully saturated rings. The lowest BCUT2D eigenvalue weighted by atomic mass is 10.2. The molecule has 0 unspecified atom stereocenters. The maximum Gasteiger partial charge on any atom is 0.407 e. The minimum atomic E-state index is -0.526. The maximum absolute atomic E-state index is 11.5. The summed E-state index contributed by atoms with van der Waals surface area (Å²) in [5.41, 5.74) is -0.256. The average Bonchev–Trinajstić information content (AvgIpc) is 2.34. The summed E-state index contributed by atoms with van der Waals surface area (Å²) in [5, 5.41) is 11.4. The highest BCUT2D eigenvalue weighted by Gasteiger charge is 2.15. The van der Waals surface area contributed by atoms with Crippen molar-refractivity contribution in [3.05, 3.63) is 34.2 Å². The van der Waals surface area contributed by atoms with E-state index >= 15 is 0 Å². The summed E-state index contributed by atoms with van der Waals surface area (Å²) in [6.07, 6.45) is 1.61. The summed E-state index contributed by atoms with van der Waals surface area (Å²) in [4.78, 5) is 22.9. The molecule has 1 N–H and O–H groups in total. The number of ether oxygens (including phenoxy) is 1. The number of carbonyl (C=O) groups is 1. The normalized spacial score (nSPS) is 10.7. The second-order valence-corrected chi connectivity index (χ2v) is 5.34. The molecule has 1 amide bonds. The molecule has 6 heteroatoms. The lowest BCUT2D eigenvalue weighted by molar-refractivity contribution is 0.0526. The molecule has 1 rings (SSSR count). The molecule has 1 aromatic heterocycles. The van der Waals surface area contributed by atoms with Crippen molar-refractivity contribution >= 4 is 6.09 Å². The average molecular weight is 277 g/mol. The predicted molar refractivity (Wildman–Crippen MR) is 74.3 cm³/mol. The number of rotatable bonds is 4. The van der Waals surface area contributed by atoms with Crippen LogP contribution in [-0.4, -0.2) is 22.8 Å². The van der Waals surface area contributed by atoms with Crippen molar-refractivity contribution in [2.75, 3.05) is 6.54 Å². The van der Waals surface area contributed by atoms with Crippen LogP contribution in [0.15, 0.2) is 23.1 Å². The molecular weight excluding hydrogens is 258 g/mol. The first-order chi connectivity index (χ1) is 9.31. The molecule has 0 spiro atoms. The van der Waals surface area contributed by atoms with Crippen LogP contribution >= 0.6 is 0 Å². The van der Waals surface area contributed by atoms with Crippen molar-refractivity contribution in [3.63, 3.8) is 0 Å². The third-order valence-corrected chi connectivity index (χ3v) is 2.36. The third kappa shape index (κ3) is 5.57. The Morgan fingerprint density at radius 1 is 1.45 bits per heavy atom. The number of nitrogens with one attached hydrogen (secondary N) is 1. The molecule has 6 nitrogen and oxygen atoms in total. The highest BCUT2D eigenvalue weighted by Crippen LogP contribution is 2.06. The van der Waals surface area contributed by atoms with E-state index < -0.39 is 11.7 Å². The summed E-state index contributed by atoms with van der Waals surface area (Å²) < 4.78 is 6.54. The molecule has 0 bridgehead atoms. The standard InChI is InChI=1S/C14H19N3O3/c1-14(2,3)20-13(19)16-7-4-8-17-10-11(9-15)5-6-12(17)18/h5-6,10H,4,7-8H2,1-3H3,(H,16,19). The second kappa shape index (κ2) is 6.75. The molecule has 0 atom stereocenters. The molecule has 0 aliphatic heterocycles. The Labute approximate surface area is 118 Å². The molecular formula is C14H19N3O3. The van der Waals surface area contributed by atoms with Gasteiger partial charge in [0, 0.05) is 25.4 Å². The summed E-state index contributed by atoms with van der Waals surface area (Å²) in [6.45, 7) is 6.21. The lowest BCUT2D eigenvalue weighted by Gasteiger charge is -2.19. The van der Waals surface area contributed by atoms with Crippen LogP contribution in [0.25, 0.3) is 0 Å². The highest BCUT2D eigenvalue weighted by molar-refractivity contribution is 5.67. The van der Waals surface area contributed by atoms with Crippen LogP contribution in [0.1, 0.15) is 32.8 Å². The number of pyridine rings is 1. The summed E-state index contributed by atoms with van der Waals surface area (Å²) in [7, 11) is 0. The second-order valence-electron chi connectivity index (χ2n) is 5.34. The molecule has 0 aliphatic carbocycles. The Kier molecular flexibility index (Phi) is 5.32. The predicted octanol–water partition coefficient (Wildman–Crippen LogP) is 1.63. The van der Waals surface area contributed by atoms with Gasteiger partial charge in [0.15, 0.2) is 0 Å². The zero-order chi connectivity index (χ0) is 15.2. The zero-order valence-electron chi connectivity index (χ0n) is 12.0. The van der Waals surface area contributed by atoms with E-state index in [1.165, 1.54) is 22.9 Å². The van der Waals surface area contributed by atoms with Crippen LogP contribution in [0.2, 0.25) is 0 Å². The number of nitriles is 1. The molecule has 0 saturated carbocycles. The van der Waals surface area contributed by atoms with Crippen LogP contribution in [0, 0.1) is 11.3 Å². The molecule has 108 valence electrons. The zero-order valence-corrected chi connectivity index (χ0v) is 12.0. The SMILES string of the molecule is CC(C)(C)OC(=O)NCCCn1cc(C#N)ccc1=O. The van der Waals surface area contributed by atoms with E-state index in [0.29, 0.717) is 25.1 Å². The number of carbonyl (C=O) groups excluding carboxylic acids is 1. The van der Waals surface area contributed by atoms with E-state index in [-0.39, 0.29) is 5.56 Å². The molecule has 1 heterocycles. The number of aromatic nitrogens is 1. The Morgan fingerprint density at radius 2 is 2.15 bits per heavy atom. The van der Waals surface area contributed by atoms with E-state index in [1.54, 1.807) is 20.8 Å². The van der Waals surface area contributed by atoms with Gasteiger partial charge < -0.3 is 14.6 Å². The van der Waals surface area contributed by atoms with Gasteiger partial charge in [0.25, 0.3) is 5.56 Å². The summed E-state index contributed by atoms with van der Waals surface area (Å²) in [6, 6.07) is 4.82. The molecule has 0 aromatic carbocycles. The minimum Gasteiger partial charge on any atom is -0.444 e. The number of alkyl carbamates (subject to hydrolysis) is 1. The molecule has 0 radical (unpaired) electrons. The Morgan fingerprint density at radius 3 is 2.75 bits per heavy atom. The third-order valence-electron chi connectivity index (χ3n) is 2.36. The largest absolute Gasteiger partial charge is 0.444 e. The summed E-state index contributed by atoms with van der Waals surface area (Å²) in [5.74, 6) is 0. The topological polar surface area (TPSA) is 84.1 Å². The van der Waals surface area contributed by atoms with Gasteiger partial charge in [-0.25, -0.2) is 4.79 Å². The first-order valence-electron chi connectivity index (χ1n) is 6.39. The van der Waals surface area contributed by atoms with E-state index in [2.05, 4.69) is 5.32 Å². The molecule has 0 saturated heterocycles. The van der Waals surface area contributed by atoms with Crippen molar-refractivity contribution < 1.29 is 9.53 Å². The van der Waals surface area contributed by atoms with Crippen molar-refractivity contribution in [2.24, 2.45) is 0 Å². The van der Waals surface area contributed by atoms with Gasteiger partial charge in [-0.2, -0.15) is 5.26 Å². The first-order valence-corrected chi connectivity index (χ1v) is 6.39. The Hall–Kier alpha value is -2.29. The van der Waals surface area contributed by atoms with Gasteiger partial charge >= 0.3 is 6.09 Å². The van der Waals surface area contributed by atoms with Crippen LogP contribution in [-0.2, 0) is 11.3 Å². The van der Waals surface area contributed by atoms with E-state index in [0.717, 1.165) is 0 Å². The van der Waals surface area contributed by atoms with Gasteiger partial charge in [-0.1, -0.05) is 0 Å². The smallest absolute Gasteiger partial charge is 0.407 e. The van der Waals surface area contributed by atoms with Gasteiger partial charge in [-0.15, -0.1) is 0 Å². The van der Waals surface area contributed by atoms with Gasteiger partial charge in [-0.05, 0) is 33.3 Å². The minimum absolute atomic E-state index is 0.165. The first kappa shape index (κ1) is 15.8. The highest BCUT2D eigenvalue weighted by atomic mass is 16.6. The molecule has 20 heavy (non-hydrogen) atoms. The van der Waals surface area contributed by atoms with Gasteiger partial charge in [0.2, 0.25) is 0 Å². The fourth-order valence-electron chi connectivity index (χ4n) is 1.53. The Bertz CT molecular complexity index is 564. The van der Waals surface area contributed by atoms with Gasteiger partial charge in [0.05, 0.1) is 5.56 Å². The fraction of sp³-hybridized carbons (Fsp3) is 0.500. The van der Waals surface area contributed by atoms with Crippen molar-refractivity contribution in [1.82, 2.24) is 9.88 Å². The van der Waals surface area contributed by atoms with Crippen molar-refractivity contribution in [3.8, 4) is 6.07 Å². The van der Waals surface area contributed by atoms with E-state index in [4.69, 9.17) is 10.00 Å². The number of hydrogen-bond acceptors (Lipinski definition) is 4. The van der Waals surface area contributed by atoms with Crippen LogP contribution < -0.4 is 10.9 Å². The van der Waals surface area contributed by atoms with Gasteiger partial charge in [0.1, 0.15) is 11.7 Å². The molecule has 0 aliphatic rings. The quantitative estimate of drug-likeness (QED) is 0.848. The fourth-order valence-corrected chi connectivity index (χ4v) is 1.53. The molecule has 1 aromatic rings. The monoisotopic (exact) mass is 277 g/mol. The van der Waals surface area contributed by atoms with E-state index in [1.807, 2.05) is 6.07 Å². The lowest BCUT2D eigenvalue weighted by Crippen LogP contribution is -2.33.